The van der Waals surface area contributed by atoms with Gasteiger partial charge in [-0.25, -0.2) is 4.99 Å². The van der Waals surface area contributed by atoms with Gasteiger partial charge in [-0.05, 0) is 43.3 Å². The molecule has 1 aromatic heterocycles. The lowest BCUT2D eigenvalue weighted by atomic mass is 10.1. The van der Waals surface area contributed by atoms with Gasteiger partial charge in [0, 0.05) is 28.4 Å². The number of rotatable bonds is 6. The zero-order valence-electron chi connectivity index (χ0n) is 15.9. The number of para-hydroxylation sites is 1. The third-order valence-electron chi connectivity index (χ3n) is 4.45. The second kappa shape index (κ2) is 8.90. The Balaban J connectivity index is 1.78. The van der Waals surface area contributed by atoms with Crippen molar-refractivity contribution in [2.75, 3.05) is 13.2 Å². The van der Waals surface area contributed by atoms with Crippen molar-refractivity contribution in [1.82, 2.24) is 4.57 Å². The molecule has 1 N–H and O–H groups in total. The summed E-state index contributed by atoms with van der Waals surface area (Å²) in [6.07, 6.45) is 3.79. The molecule has 3 aromatic rings. The Morgan fingerprint density at radius 3 is 2.86 bits per heavy atom. The maximum Gasteiger partial charge on any atom is 0.211 e. The third kappa shape index (κ3) is 4.42. The van der Waals surface area contributed by atoms with Gasteiger partial charge in [0.2, 0.25) is 5.88 Å². The molecule has 1 aliphatic rings. The minimum atomic E-state index is 0.189. The fraction of sp³-hybridized carbons (Fsp3) is 0.182. The predicted molar refractivity (Wildman–Crippen MR) is 122 cm³/mol. The molecule has 0 radical (unpaired) electrons. The number of aromatic nitrogens is 1. The first-order valence-electron chi connectivity index (χ1n) is 9.31. The van der Waals surface area contributed by atoms with Crippen LogP contribution in [0.2, 0.25) is 0 Å². The highest BCUT2D eigenvalue weighted by molar-refractivity contribution is 9.10. The molecular weight excluding hydrogens is 450 g/mol. The van der Waals surface area contributed by atoms with E-state index in [1.54, 1.807) is 4.57 Å². The van der Waals surface area contributed by atoms with Gasteiger partial charge in [0.15, 0.2) is 4.80 Å². The van der Waals surface area contributed by atoms with Crippen LogP contribution in [-0.4, -0.2) is 29.1 Å². The molecule has 0 saturated heterocycles. The average molecular weight is 470 g/mol. The maximum atomic E-state index is 10.9. The first-order valence-corrected chi connectivity index (χ1v) is 10.9. The van der Waals surface area contributed by atoms with Crippen LogP contribution in [0, 0.1) is 0 Å². The standard InChI is InChI=1S/C22H20BrN3O2S/c1-2-28-11-10-26-21(27)20(29-22(26)25-17-6-4-3-5-7-17)12-15-14-24-19-9-8-16(23)13-18(15)19/h3-9,12-14,27H,2,10-11H2,1H3/b15-12-,25-22?. The van der Waals surface area contributed by atoms with E-state index in [9.17, 15) is 5.11 Å². The number of allylic oxidation sites excluding steroid dienone is 1. The minimum absolute atomic E-state index is 0.189. The number of nitrogens with zero attached hydrogens (tertiary/aromatic N) is 3. The average Bonchev–Trinajstić information content (AvgIpc) is 3.25. The molecule has 0 unspecified atom stereocenters. The molecule has 5 nitrogen and oxygen atoms in total. The Morgan fingerprint density at radius 2 is 2.07 bits per heavy atom. The Bertz CT molecular complexity index is 1150. The number of fused-ring (bicyclic) bond motifs is 1. The smallest absolute Gasteiger partial charge is 0.211 e. The fourth-order valence-corrected chi connectivity index (χ4v) is 4.42. The molecule has 29 heavy (non-hydrogen) atoms. The predicted octanol–water partition coefficient (Wildman–Crippen LogP) is 5.54. The SMILES string of the molecule is CCOCCn1c(O)c(/C=C2/C=Nc3ccc(Br)cc32)sc1=Nc1ccccc1. The third-order valence-corrected chi connectivity index (χ3v) is 5.96. The van der Waals surface area contributed by atoms with Crippen molar-refractivity contribution in [3.8, 4) is 5.88 Å². The summed E-state index contributed by atoms with van der Waals surface area (Å²) in [5, 5.41) is 10.9. The number of ether oxygens (including phenoxy) is 1. The lowest BCUT2D eigenvalue weighted by molar-refractivity contribution is 0.136. The van der Waals surface area contributed by atoms with Gasteiger partial charge in [-0.15, -0.1) is 0 Å². The van der Waals surface area contributed by atoms with E-state index in [0.717, 1.165) is 36.7 Å². The minimum Gasteiger partial charge on any atom is -0.493 e. The first-order chi connectivity index (χ1) is 14.2. The molecule has 148 valence electrons. The van der Waals surface area contributed by atoms with E-state index in [-0.39, 0.29) is 5.88 Å². The van der Waals surface area contributed by atoms with Crippen LogP contribution in [0.25, 0.3) is 11.6 Å². The van der Waals surface area contributed by atoms with Crippen LogP contribution in [-0.2, 0) is 11.3 Å². The maximum absolute atomic E-state index is 10.9. The summed E-state index contributed by atoms with van der Waals surface area (Å²) in [6.45, 7) is 3.63. The zero-order valence-corrected chi connectivity index (χ0v) is 18.3. The Labute approximate surface area is 181 Å². The summed E-state index contributed by atoms with van der Waals surface area (Å²) in [5.41, 5.74) is 3.76. The number of hydrogen-bond donors (Lipinski definition) is 1. The van der Waals surface area contributed by atoms with Crippen molar-refractivity contribution < 1.29 is 9.84 Å². The number of halogens is 1. The van der Waals surface area contributed by atoms with Crippen LogP contribution in [0.15, 0.2) is 63.0 Å². The lowest BCUT2D eigenvalue weighted by Crippen LogP contribution is -2.17. The second-order valence-corrected chi connectivity index (χ2v) is 8.31. The quantitative estimate of drug-likeness (QED) is 0.481. The van der Waals surface area contributed by atoms with Crippen LogP contribution >= 0.6 is 27.3 Å². The second-order valence-electron chi connectivity index (χ2n) is 6.39. The van der Waals surface area contributed by atoms with E-state index >= 15 is 0 Å². The van der Waals surface area contributed by atoms with Crippen molar-refractivity contribution in [2.45, 2.75) is 13.5 Å². The van der Waals surface area contributed by atoms with Crippen LogP contribution in [0.3, 0.4) is 0 Å². The van der Waals surface area contributed by atoms with Gasteiger partial charge in [0.05, 0.1) is 29.4 Å². The van der Waals surface area contributed by atoms with Crippen molar-refractivity contribution in [3.05, 3.63) is 68.2 Å². The molecule has 4 rings (SSSR count). The van der Waals surface area contributed by atoms with Gasteiger partial charge in [-0.1, -0.05) is 45.5 Å². The molecule has 0 atom stereocenters. The summed E-state index contributed by atoms with van der Waals surface area (Å²) in [5.74, 6) is 0.189. The number of thiazole rings is 1. The summed E-state index contributed by atoms with van der Waals surface area (Å²) < 4.78 is 8.28. The first kappa shape index (κ1) is 19.8. The monoisotopic (exact) mass is 469 g/mol. The molecule has 0 spiro atoms. The highest BCUT2D eigenvalue weighted by Gasteiger charge is 2.16. The summed E-state index contributed by atoms with van der Waals surface area (Å²) in [4.78, 5) is 10.7. The normalized spacial score (nSPS) is 14.7. The highest BCUT2D eigenvalue weighted by Crippen LogP contribution is 2.36. The Hall–Kier alpha value is -2.48. The van der Waals surface area contributed by atoms with Gasteiger partial charge in [0.25, 0.3) is 0 Å². The number of hydrogen-bond acceptors (Lipinski definition) is 5. The Kier molecular flexibility index (Phi) is 6.08. The largest absolute Gasteiger partial charge is 0.493 e. The number of benzene rings is 2. The van der Waals surface area contributed by atoms with E-state index < -0.39 is 0 Å². The molecule has 1 aliphatic heterocycles. The van der Waals surface area contributed by atoms with Crippen LogP contribution in [0.1, 0.15) is 17.4 Å². The van der Waals surface area contributed by atoms with Crippen LogP contribution in [0.4, 0.5) is 11.4 Å². The van der Waals surface area contributed by atoms with Crippen molar-refractivity contribution in [3.63, 3.8) is 0 Å². The lowest BCUT2D eigenvalue weighted by Gasteiger charge is -2.05. The molecule has 2 aromatic carbocycles. The molecule has 0 fully saturated rings. The van der Waals surface area contributed by atoms with Crippen molar-refractivity contribution in [2.24, 2.45) is 9.98 Å². The number of aromatic hydroxyl groups is 1. The van der Waals surface area contributed by atoms with E-state index in [2.05, 4.69) is 20.9 Å². The van der Waals surface area contributed by atoms with Gasteiger partial charge < -0.3 is 9.84 Å². The highest BCUT2D eigenvalue weighted by atomic mass is 79.9. The van der Waals surface area contributed by atoms with Gasteiger partial charge in [-0.3, -0.25) is 9.56 Å². The van der Waals surface area contributed by atoms with E-state index in [0.29, 0.717) is 19.8 Å². The van der Waals surface area contributed by atoms with Crippen molar-refractivity contribution >= 4 is 56.5 Å². The summed E-state index contributed by atoms with van der Waals surface area (Å²) in [7, 11) is 0. The van der Waals surface area contributed by atoms with Gasteiger partial charge >= 0.3 is 0 Å². The molecular formula is C22H20BrN3O2S. The Morgan fingerprint density at radius 1 is 1.24 bits per heavy atom. The zero-order chi connectivity index (χ0) is 20.2. The van der Waals surface area contributed by atoms with Gasteiger partial charge in [0.1, 0.15) is 0 Å². The van der Waals surface area contributed by atoms with Crippen LogP contribution in [0.5, 0.6) is 5.88 Å². The van der Waals surface area contributed by atoms with E-state index in [1.807, 2.05) is 67.7 Å². The molecule has 0 saturated carbocycles. The topological polar surface area (TPSA) is 59.1 Å². The fourth-order valence-electron chi connectivity index (χ4n) is 3.03. The molecule has 0 bridgehead atoms. The molecule has 0 aliphatic carbocycles. The number of aliphatic imine (C=N–C) groups is 1. The summed E-state index contributed by atoms with van der Waals surface area (Å²) in [6, 6.07) is 15.7. The van der Waals surface area contributed by atoms with E-state index in [4.69, 9.17) is 9.73 Å². The summed E-state index contributed by atoms with van der Waals surface area (Å²) >= 11 is 4.96. The van der Waals surface area contributed by atoms with Crippen molar-refractivity contribution in [1.29, 1.82) is 0 Å². The van der Waals surface area contributed by atoms with Crippen LogP contribution < -0.4 is 4.80 Å². The van der Waals surface area contributed by atoms with Gasteiger partial charge in [-0.2, -0.15) is 0 Å². The molecule has 7 heteroatoms. The molecule has 0 amide bonds. The van der Waals surface area contributed by atoms with E-state index in [1.165, 1.54) is 11.3 Å². The molecule has 2 heterocycles.